The molecule has 9 heavy (non-hydrogen) atoms. The van der Waals surface area contributed by atoms with Crippen LogP contribution in [0.5, 0.6) is 0 Å². The van der Waals surface area contributed by atoms with E-state index in [1.807, 2.05) is 6.92 Å². The third-order valence-electron chi connectivity index (χ3n) is 2.43. The van der Waals surface area contributed by atoms with Crippen LogP contribution in [0, 0.1) is 11.8 Å². The molecule has 0 nitrogen and oxygen atoms in total. The Kier molecular flexibility index (Phi) is 1.49. The van der Waals surface area contributed by atoms with E-state index in [0.29, 0.717) is 0 Å². The van der Waals surface area contributed by atoms with Gasteiger partial charge in [0.15, 0.2) is 0 Å². The molecule has 0 aromatic heterocycles. The molecule has 2 heteroatoms. The van der Waals surface area contributed by atoms with E-state index in [2.05, 4.69) is 0 Å². The number of alkyl halides is 2. The normalized spacial score (nSPS) is 40.0. The Bertz CT molecular complexity index is 109. The summed E-state index contributed by atoms with van der Waals surface area (Å²) in [6, 6.07) is 0. The molecule has 1 fully saturated rings. The van der Waals surface area contributed by atoms with Gasteiger partial charge in [-0.25, -0.2) is 8.78 Å². The molecule has 0 saturated heterocycles. The molecule has 1 saturated carbocycles. The molecule has 0 spiro atoms. The zero-order valence-corrected chi connectivity index (χ0v) is 5.82. The van der Waals surface area contributed by atoms with Gasteiger partial charge in [-0.15, -0.1) is 0 Å². The number of hydrogen-bond donors (Lipinski definition) is 0. The van der Waals surface area contributed by atoms with Gasteiger partial charge in [0.2, 0.25) is 0 Å². The summed E-state index contributed by atoms with van der Waals surface area (Å²) in [6.07, 6.45) is 1.02. The summed E-state index contributed by atoms with van der Waals surface area (Å²) in [5.74, 6) is -2.44. The van der Waals surface area contributed by atoms with Crippen LogP contribution in [0.15, 0.2) is 0 Å². The Morgan fingerprint density at radius 1 is 1.56 bits per heavy atom. The standard InChI is InChI=1S/C7H12F2/c1-3-6-4-7(8,9)5(6)2/h5-6H,3-4H2,1-2H3/t5-,6?/m1/s1. The lowest BCUT2D eigenvalue weighted by Crippen LogP contribution is -2.45. The summed E-state index contributed by atoms with van der Waals surface area (Å²) in [5, 5.41) is 0. The van der Waals surface area contributed by atoms with Gasteiger partial charge < -0.3 is 0 Å². The van der Waals surface area contributed by atoms with Crippen molar-refractivity contribution in [2.45, 2.75) is 32.6 Å². The van der Waals surface area contributed by atoms with Crippen molar-refractivity contribution in [1.82, 2.24) is 0 Å². The van der Waals surface area contributed by atoms with E-state index in [9.17, 15) is 8.78 Å². The fourth-order valence-corrected chi connectivity index (χ4v) is 1.39. The minimum absolute atomic E-state index is 0.116. The smallest absolute Gasteiger partial charge is 0.207 e. The summed E-state index contributed by atoms with van der Waals surface area (Å²) < 4.78 is 24.7. The molecule has 1 aliphatic rings. The third-order valence-corrected chi connectivity index (χ3v) is 2.43. The second kappa shape index (κ2) is 1.93. The predicted octanol–water partition coefficient (Wildman–Crippen LogP) is 2.69. The van der Waals surface area contributed by atoms with Crippen molar-refractivity contribution >= 4 is 0 Å². The quantitative estimate of drug-likeness (QED) is 0.517. The molecule has 0 bridgehead atoms. The van der Waals surface area contributed by atoms with Crippen LogP contribution in [0.4, 0.5) is 8.78 Å². The lowest BCUT2D eigenvalue weighted by Gasteiger charge is -2.41. The Balaban J connectivity index is 2.41. The molecule has 0 amide bonds. The van der Waals surface area contributed by atoms with Crippen LogP contribution in [0.2, 0.25) is 0 Å². The molecule has 0 heterocycles. The summed E-state index contributed by atoms with van der Waals surface area (Å²) in [4.78, 5) is 0. The fraction of sp³-hybridized carbons (Fsp3) is 1.00. The highest BCUT2D eigenvalue weighted by Gasteiger charge is 2.51. The Hall–Kier alpha value is -0.140. The van der Waals surface area contributed by atoms with Crippen molar-refractivity contribution in [2.75, 3.05) is 0 Å². The zero-order valence-electron chi connectivity index (χ0n) is 5.82. The van der Waals surface area contributed by atoms with Crippen LogP contribution in [-0.2, 0) is 0 Å². The molecular weight excluding hydrogens is 122 g/mol. The third kappa shape index (κ3) is 0.950. The Labute approximate surface area is 54.3 Å². The monoisotopic (exact) mass is 134 g/mol. The first-order chi connectivity index (χ1) is 4.08. The molecular formula is C7H12F2. The van der Waals surface area contributed by atoms with Crippen LogP contribution >= 0.6 is 0 Å². The van der Waals surface area contributed by atoms with Crippen molar-refractivity contribution in [1.29, 1.82) is 0 Å². The van der Waals surface area contributed by atoms with E-state index >= 15 is 0 Å². The molecule has 1 unspecified atom stereocenters. The zero-order chi connectivity index (χ0) is 7.07. The average Bonchev–Trinajstić information content (AvgIpc) is 1.82. The van der Waals surface area contributed by atoms with Crippen LogP contribution < -0.4 is 0 Å². The second-order valence-corrected chi connectivity index (χ2v) is 2.92. The van der Waals surface area contributed by atoms with Gasteiger partial charge in [-0.1, -0.05) is 20.3 Å². The first-order valence-electron chi connectivity index (χ1n) is 3.45. The highest BCUT2D eigenvalue weighted by Crippen LogP contribution is 2.49. The van der Waals surface area contributed by atoms with Gasteiger partial charge in [0, 0.05) is 12.3 Å². The van der Waals surface area contributed by atoms with Crippen LogP contribution in [0.1, 0.15) is 26.7 Å². The Morgan fingerprint density at radius 3 is 2.22 bits per heavy atom. The number of hydrogen-bond acceptors (Lipinski definition) is 0. The van der Waals surface area contributed by atoms with Gasteiger partial charge in [-0.2, -0.15) is 0 Å². The van der Waals surface area contributed by atoms with E-state index < -0.39 is 5.92 Å². The first-order valence-corrected chi connectivity index (χ1v) is 3.45. The van der Waals surface area contributed by atoms with Gasteiger partial charge in [0.25, 0.3) is 5.92 Å². The maximum Gasteiger partial charge on any atom is 0.251 e. The minimum Gasteiger partial charge on any atom is -0.207 e. The minimum atomic E-state index is -2.35. The molecule has 0 radical (unpaired) electrons. The SMILES string of the molecule is CCC1CC(F)(F)[C@@H]1C. The van der Waals surface area contributed by atoms with Crippen molar-refractivity contribution < 1.29 is 8.78 Å². The van der Waals surface area contributed by atoms with Gasteiger partial charge in [-0.3, -0.25) is 0 Å². The molecule has 0 aromatic carbocycles. The van der Waals surface area contributed by atoms with Gasteiger partial charge in [0.1, 0.15) is 0 Å². The van der Waals surface area contributed by atoms with Crippen molar-refractivity contribution in [2.24, 2.45) is 11.8 Å². The predicted molar refractivity (Wildman–Crippen MR) is 32.5 cm³/mol. The van der Waals surface area contributed by atoms with Crippen LogP contribution in [0.3, 0.4) is 0 Å². The van der Waals surface area contributed by atoms with Crippen molar-refractivity contribution in [3.63, 3.8) is 0 Å². The maximum absolute atomic E-state index is 12.4. The molecule has 1 rings (SSSR count). The molecule has 0 N–H and O–H groups in total. The van der Waals surface area contributed by atoms with E-state index in [-0.39, 0.29) is 18.3 Å². The maximum atomic E-state index is 12.4. The number of halogens is 2. The summed E-state index contributed by atoms with van der Waals surface area (Å²) in [5.41, 5.74) is 0. The highest BCUT2D eigenvalue weighted by molar-refractivity contribution is 4.91. The lowest BCUT2D eigenvalue weighted by atomic mass is 9.70. The van der Waals surface area contributed by atoms with Crippen LogP contribution in [-0.4, -0.2) is 5.92 Å². The van der Waals surface area contributed by atoms with Gasteiger partial charge in [0.05, 0.1) is 0 Å². The summed E-state index contributed by atoms with van der Waals surface area (Å²) in [6.45, 7) is 3.61. The number of rotatable bonds is 1. The van der Waals surface area contributed by atoms with Crippen molar-refractivity contribution in [3.05, 3.63) is 0 Å². The molecule has 0 aromatic rings. The first kappa shape index (κ1) is 6.97. The molecule has 2 atom stereocenters. The summed E-state index contributed by atoms with van der Waals surface area (Å²) >= 11 is 0. The van der Waals surface area contributed by atoms with Crippen molar-refractivity contribution in [3.8, 4) is 0 Å². The van der Waals surface area contributed by atoms with Gasteiger partial charge >= 0.3 is 0 Å². The fourth-order valence-electron chi connectivity index (χ4n) is 1.39. The largest absolute Gasteiger partial charge is 0.251 e. The van der Waals surface area contributed by atoms with E-state index in [1.54, 1.807) is 6.92 Å². The van der Waals surface area contributed by atoms with E-state index in [1.165, 1.54) is 0 Å². The molecule has 54 valence electrons. The van der Waals surface area contributed by atoms with E-state index in [4.69, 9.17) is 0 Å². The van der Waals surface area contributed by atoms with E-state index in [0.717, 1.165) is 6.42 Å². The topological polar surface area (TPSA) is 0 Å². The molecule has 1 aliphatic carbocycles. The van der Waals surface area contributed by atoms with Crippen LogP contribution in [0.25, 0.3) is 0 Å². The Morgan fingerprint density at radius 2 is 2.11 bits per heavy atom. The average molecular weight is 134 g/mol. The second-order valence-electron chi connectivity index (χ2n) is 2.92. The molecule has 0 aliphatic heterocycles. The lowest BCUT2D eigenvalue weighted by molar-refractivity contribution is -0.166. The highest BCUT2D eigenvalue weighted by atomic mass is 19.3. The van der Waals surface area contributed by atoms with Gasteiger partial charge in [-0.05, 0) is 5.92 Å². The summed E-state index contributed by atoms with van der Waals surface area (Å²) in [7, 11) is 0.